The molecule has 0 aliphatic carbocycles. The van der Waals surface area contributed by atoms with Crippen molar-refractivity contribution in [3.63, 3.8) is 0 Å². The molecule has 0 bridgehead atoms. The molecule has 0 saturated heterocycles. The topological polar surface area (TPSA) is 41.9 Å². The summed E-state index contributed by atoms with van der Waals surface area (Å²) in [6.07, 6.45) is 0. The molecule has 0 fully saturated rings. The van der Waals surface area contributed by atoms with Gasteiger partial charge in [0, 0.05) is 48.9 Å². The maximum Gasteiger partial charge on any atom is 0.164 e. The van der Waals surface area contributed by atoms with Gasteiger partial charge in [0.15, 0.2) is 17.5 Å². The summed E-state index contributed by atoms with van der Waals surface area (Å²) in [5.74, 6) is 1.98. The van der Waals surface area contributed by atoms with Crippen LogP contribution in [0.4, 0.5) is 17.1 Å². The van der Waals surface area contributed by atoms with Crippen LogP contribution < -0.4 is 4.90 Å². The maximum absolute atomic E-state index is 5.08. The first-order valence-corrected chi connectivity index (χ1v) is 18.9. The van der Waals surface area contributed by atoms with Crippen molar-refractivity contribution in [3.05, 3.63) is 194 Å². The molecule has 1 aromatic heterocycles. The van der Waals surface area contributed by atoms with Gasteiger partial charge in [-0.15, -0.1) is 0 Å². The minimum Gasteiger partial charge on any atom is -0.311 e. The summed E-state index contributed by atoms with van der Waals surface area (Å²) in [6.45, 7) is 0. The molecule has 54 heavy (non-hydrogen) atoms. The second kappa shape index (κ2) is 13.6. The second-order valence-corrected chi connectivity index (χ2v) is 14.3. The molecule has 10 rings (SSSR count). The van der Waals surface area contributed by atoms with Crippen molar-refractivity contribution in [2.75, 3.05) is 4.90 Å². The summed E-state index contributed by atoms with van der Waals surface area (Å²) in [5.41, 5.74) is 11.1. The van der Waals surface area contributed by atoms with Gasteiger partial charge in [-0.25, -0.2) is 15.0 Å². The molecule has 0 N–H and O–H groups in total. The summed E-state index contributed by atoms with van der Waals surface area (Å²) < 4.78 is 0. The smallest absolute Gasteiger partial charge is 0.164 e. The molecule has 1 aliphatic rings. The quantitative estimate of drug-likeness (QED) is 0.165. The molecule has 254 valence electrons. The maximum atomic E-state index is 5.08. The number of anilines is 3. The van der Waals surface area contributed by atoms with Gasteiger partial charge in [0.1, 0.15) is 0 Å². The van der Waals surface area contributed by atoms with E-state index >= 15 is 0 Å². The number of hydrogen-bond donors (Lipinski definition) is 0. The molecular weight excluding hydrogens is 677 g/mol. The fraction of sp³-hybridized carbons (Fsp3) is 0. The third kappa shape index (κ3) is 5.72. The van der Waals surface area contributed by atoms with Gasteiger partial charge in [-0.3, -0.25) is 0 Å². The third-order valence-corrected chi connectivity index (χ3v) is 11.1. The fourth-order valence-electron chi connectivity index (χ4n) is 7.40. The van der Waals surface area contributed by atoms with Crippen LogP contribution in [-0.4, -0.2) is 15.0 Å². The van der Waals surface area contributed by atoms with E-state index in [2.05, 4.69) is 138 Å². The lowest BCUT2D eigenvalue weighted by Crippen LogP contribution is -2.09. The van der Waals surface area contributed by atoms with Crippen LogP contribution >= 0.6 is 11.8 Å². The molecular formula is C49H32N4S. The number of hydrogen-bond acceptors (Lipinski definition) is 5. The van der Waals surface area contributed by atoms with Crippen molar-refractivity contribution in [1.82, 2.24) is 15.0 Å². The molecule has 0 spiro atoms. The number of rotatable bonds is 7. The van der Waals surface area contributed by atoms with Crippen molar-refractivity contribution in [2.45, 2.75) is 9.79 Å². The molecule has 5 heteroatoms. The summed E-state index contributed by atoms with van der Waals surface area (Å²) in [7, 11) is 0. The Hall–Kier alpha value is -6.82. The lowest BCUT2D eigenvalue weighted by Gasteiger charge is -2.26. The highest BCUT2D eigenvalue weighted by atomic mass is 32.2. The highest BCUT2D eigenvalue weighted by Gasteiger charge is 2.25. The summed E-state index contributed by atoms with van der Waals surface area (Å²) >= 11 is 1.84. The highest BCUT2D eigenvalue weighted by molar-refractivity contribution is 8.00. The minimum atomic E-state index is 0.658. The summed E-state index contributed by atoms with van der Waals surface area (Å²) in [6, 6.07) is 68.0. The summed E-state index contributed by atoms with van der Waals surface area (Å²) in [4.78, 5) is 19.9. The van der Waals surface area contributed by atoms with E-state index in [1.54, 1.807) is 0 Å². The van der Waals surface area contributed by atoms with E-state index in [1.807, 2.05) is 72.4 Å². The van der Waals surface area contributed by atoms with E-state index in [0.29, 0.717) is 17.5 Å². The van der Waals surface area contributed by atoms with Gasteiger partial charge in [0.05, 0.1) is 0 Å². The predicted molar refractivity (Wildman–Crippen MR) is 223 cm³/mol. The second-order valence-electron chi connectivity index (χ2n) is 13.2. The van der Waals surface area contributed by atoms with Gasteiger partial charge in [-0.05, 0) is 76.2 Å². The molecule has 2 heterocycles. The van der Waals surface area contributed by atoms with Gasteiger partial charge >= 0.3 is 0 Å². The van der Waals surface area contributed by atoms with E-state index in [9.17, 15) is 0 Å². The van der Waals surface area contributed by atoms with E-state index in [-0.39, 0.29) is 0 Å². The molecule has 9 aromatic rings. The Morgan fingerprint density at radius 3 is 1.44 bits per heavy atom. The average Bonchev–Trinajstić information content (AvgIpc) is 3.25. The molecule has 0 atom stereocenters. The van der Waals surface area contributed by atoms with Crippen LogP contribution in [0.2, 0.25) is 0 Å². The van der Waals surface area contributed by atoms with Gasteiger partial charge in [0.25, 0.3) is 0 Å². The largest absolute Gasteiger partial charge is 0.311 e. The van der Waals surface area contributed by atoms with Crippen LogP contribution in [0.15, 0.2) is 204 Å². The highest BCUT2D eigenvalue weighted by Crippen LogP contribution is 2.52. The third-order valence-electron chi connectivity index (χ3n) is 9.93. The molecule has 0 saturated carbocycles. The van der Waals surface area contributed by atoms with E-state index in [0.717, 1.165) is 39.1 Å². The molecule has 4 nitrogen and oxygen atoms in total. The zero-order valence-corrected chi connectivity index (χ0v) is 30.0. The molecule has 0 amide bonds. The van der Waals surface area contributed by atoms with E-state index in [1.165, 1.54) is 37.4 Å². The number of nitrogens with zero attached hydrogens (tertiary/aromatic N) is 4. The molecule has 0 unspecified atom stereocenters. The number of aromatic nitrogens is 3. The van der Waals surface area contributed by atoms with Gasteiger partial charge < -0.3 is 4.90 Å². The number of fused-ring (bicyclic) bond motifs is 2. The monoisotopic (exact) mass is 708 g/mol. The Kier molecular flexibility index (Phi) is 8.04. The van der Waals surface area contributed by atoms with E-state index in [4.69, 9.17) is 15.0 Å². The Bertz CT molecular complexity index is 2680. The SMILES string of the molecule is c1ccc(-c2nc(-c3ccccc3)nc(-c3ccc4c5c(cccc35)-c3cccc(-c5ccc(N(c6ccccc6)c6ccccc6)cc5)c3S4)n2)cc1. The van der Waals surface area contributed by atoms with Crippen molar-refractivity contribution >= 4 is 39.6 Å². The Labute approximate surface area is 318 Å². The summed E-state index contributed by atoms with van der Waals surface area (Å²) in [5, 5.41) is 2.35. The Morgan fingerprint density at radius 2 is 0.833 bits per heavy atom. The van der Waals surface area contributed by atoms with Crippen LogP contribution in [0, 0.1) is 0 Å². The van der Waals surface area contributed by atoms with Crippen molar-refractivity contribution < 1.29 is 0 Å². The zero-order chi connectivity index (χ0) is 35.8. The van der Waals surface area contributed by atoms with Gasteiger partial charge in [-0.2, -0.15) is 0 Å². The first-order chi connectivity index (χ1) is 26.8. The molecule has 0 radical (unpaired) electrons. The van der Waals surface area contributed by atoms with Crippen LogP contribution in [0.1, 0.15) is 0 Å². The van der Waals surface area contributed by atoms with Crippen LogP contribution in [0.3, 0.4) is 0 Å². The fourth-order valence-corrected chi connectivity index (χ4v) is 8.66. The number of para-hydroxylation sites is 2. The average molecular weight is 709 g/mol. The molecule has 1 aliphatic heterocycles. The Balaban J connectivity index is 1.07. The minimum absolute atomic E-state index is 0.658. The van der Waals surface area contributed by atoms with Gasteiger partial charge in [0.2, 0.25) is 0 Å². The van der Waals surface area contributed by atoms with Crippen LogP contribution in [-0.2, 0) is 0 Å². The first-order valence-electron chi connectivity index (χ1n) is 18.0. The molecule has 8 aromatic carbocycles. The lowest BCUT2D eigenvalue weighted by molar-refractivity contribution is 1.08. The Morgan fingerprint density at radius 1 is 0.333 bits per heavy atom. The number of benzene rings is 8. The lowest BCUT2D eigenvalue weighted by atomic mass is 9.92. The van der Waals surface area contributed by atoms with Crippen LogP contribution in [0.5, 0.6) is 0 Å². The predicted octanol–water partition coefficient (Wildman–Crippen LogP) is 13.3. The van der Waals surface area contributed by atoms with Crippen molar-refractivity contribution in [3.8, 4) is 56.4 Å². The zero-order valence-electron chi connectivity index (χ0n) is 29.2. The van der Waals surface area contributed by atoms with Gasteiger partial charge in [-0.1, -0.05) is 157 Å². The standard InChI is InChI=1S/C49H32N4S/c1-5-15-34(16-6-1)47-50-48(35-17-7-2-8-18-35)52-49(51-47)43-31-32-44-45-40(24-14-25-41(43)45)42-26-13-23-39(46(42)54-44)33-27-29-38(30-28-33)53(36-19-9-3-10-20-36)37-21-11-4-12-22-37/h1-32H. The normalized spacial score (nSPS) is 11.6. The first kappa shape index (κ1) is 31.9. The van der Waals surface area contributed by atoms with Crippen molar-refractivity contribution in [2.24, 2.45) is 0 Å². The van der Waals surface area contributed by atoms with E-state index < -0.39 is 0 Å². The van der Waals surface area contributed by atoms with Crippen LogP contribution in [0.25, 0.3) is 67.2 Å². The van der Waals surface area contributed by atoms with Crippen molar-refractivity contribution in [1.29, 1.82) is 0 Å².